The topological polar surface area (TPSA) is 42.2 Å². The van der Waals surface area contributed by atoms with E-state index in [0.717, 1.165) is 12.2 Å². The van der Waals surface area contributed by atoms with Gasteiger partial charge in [0.15, 0.2) is 0 Å². The van der Waals surface area contributed by atoms with E-state index >= 15 is 0 Å². The van der Waals surface area contributed by atoms with Gasteiger partial charge in [-0.05, 0) is 40.2 Å². The molecule has 16 heavy (non-hydrogen) atoms. The van der Waals surface area contributed by atoms with Gasteiger partial charge in [0.2, 0.25) is 0 Å². The highest BCUT2D eigenvalue weighted by molar-refractivity contribution is 6.20. The van der Waals surface area contributed by atoms with Crippen molar-refractivity contribution in [1.82, 2.24) is 5.32 Å². The van der Waals surface area contributed by atoms with Gasteiger partial charge in [0.05, 0.1) is 5.56 Å². The van der Waals surface area contributed by atoms with Gasteiger partial charge in [-0.15, -0.1) is 11.6 Å². The molecular formula is C12H18ClNO2. The smallest absolute Gasteiger partial charge is 0.255 e. The van der Waals surface area contributed by atoms with E-state index in [9.17, 15) is 4.79 Å². The van der Waals surface area contributed by atoms with Gasteiger partial charge in [0.25, 0.3) is 5.91 Å². The minimum Gasteiger partial charge on any atom is -0.466 e. The standard InChI is InChI=1S/C12H18ClNO2/c1-7(13)5-8(2)14-12(15)11-6-9(3)16-10(11)4/h6-8H,5H2,1-4H3,(H,14,15). The average molecular weight is 244 g/mol. The summed E-state index contributed by atoms with van der Waals surface area (Å²) < 4.78 is 5.31. The van der Waals surface area contributed by atoms with Crippen LogP contribution in [0.15, 0.2) is 10.5 Å². The molecule has 1 aromatic rings. The lowest BCUT2D eigenvalue weighted by molar-refractivity contribution is 0.0937. The fourth-order valence-corrected chi connectivity index (χ4v) is 1.97. The van der Waals surface area contributed by atoms with E-state index in [1.54, 1.807) is 13.0 Å². The maximum absolute atomic E-state index is 11.9. The zero-order valence-corrected chi connectivity index (χ0v) is 10.9. The van der Waals surface area contributed by atoms with Crippen molar-refractivity contribution < 1.29 is 9.21 Å². The van der Waals surface area contributed by atoms with Gasteiger partial charge < -0.3 is 9.73 Å². The molecule has 0 aliphatic carbocycles. The van der Waals surface area contributed by atoms with Crippen LogP contribution in [0, 0.1) is 13.8 Å². The summed E-state index contributed by atoms with van der Waals surface area (Å²) in [4.78, 5) is 11.9. The van der Waals surface area contributed by atoms with Gasteiger partial charge in [-0.3, -0.25) is 4.79 Å². The molecule has 0 spiro atoms. The van der Waals surface area contributed by atoms with E-state index in [1.165, 1.54) is 0 Å². The highest BCUT2D eigenvalue weighted by Gasteiger charge is 2.16. The largest absolute Gasteiger partial charge is 0.466 e. The zero-order chi connectivity index (χ0) is 12.3. The summed E-state index contributed by atoms with van der Waals surface area (Å²) in [5.41, 5.74) is 0.603. The highest BCUT2D eigenvalue weighted by Crippen LogP contribution is 2.14. The predicted molar refractivity (Wildman–Crippen MR) is 65.0 cm³/mol. The first-order valence-electron chi connectivity index (χ1n) is 5.42. The Morgan fingerprint density at radius 1 is 1.50 bits per heavy atom. The fraction of sp³-hybridized carbons (Fsp3) is 0.583. The van der Waals surface area contributed by atoms with Crippen LogP contribution < -0.4 is 5.32 Å². The van der Waals surface area contributed by atoms with Crippen LogP contribution in [0.2, 0.25) is 0 Å². The van der Waals surface area contributed by atoms with Crippen molar-refractivity contribution in [3.63, 3.8) is 0 Å². The SMILES string of the molecule is Cc1cc(C(=O)NC(C)CC(C)Cl)c(C)o1. The van der Waals surface area contributed by atoms with Crippen LogP contribution in [0.1, 0.15) is 42.1 Å². The first-order chi connectivity index (χ1) is 7.40. The summed E-state index contributed by atoms with van der Waals surface area (Å²) in [6.07, 6.45) is 0.753. The Bertz CT molecular complexity index is 371. The molecule has 0 fully saturated rings. The van der Waals surface area contributed by atoms with Crippen LogP contribution in [-0.2, 0) is 0 Å². The summed E-state index contributed by atoms with van der Waals surface area (Å²) in [6, 6.07) is 1.82. The maximum atomic E-state index is 11.9. The molecule has 1 heterocycles. The van der Waals surface area contributed by atoms with Gasteiger partial charge in [-0.2, -0.15) is 0 Å². The molecule has 1 N–H and O–H groups in total. The number of halogens is 1. The molecule has 0 aliphatic heterocycles. The number of carbonyl (C=O) groups excluding carboxylic acids is 1. The monoisotopic (exact) mass is 243 g/mol. The molecule has 0 aromatic carbocycles. The molecule has 4 heteroatoms. The lowest BCUT2D eigenvalue weighted by Crippen LogP contribution is -2.34. The summed E-state index contributed by atoms with van der Waals surface area (Å²) in [6.45, 7) is 7.47. The number of alkyl halides is 1. The van der Waals surface area contributed by atoms with Gasteiger partial charge in [0.1, 0.15) is 11.5 Å². The molecule has 2 unspecified atom stereocenters. The van der Waals surface area contributed by atoms with Gasteiger partial charge >= 0.3 is 0 Å². The minimum absolute atomic E-state index is 0.0579. The van der Waals surface area contributed by atoms with E-state index < -0.39 is 0 Å². The van der Waals surface area contributed by atoms with Crippen LogP contribution in [0.3, 0.4) is 0 Å². The van der Waals surface area contributed by atoms with E-state index in [2.05, 4.69) is 5.32 Å². The van der Waals surface area contributed by atoms with E-state index in [-0.39, 0.29) is 17.3 Å². The average Bonchev–Trinajstić information content (AvgIpc) is 2.43. The number of hydrogen-bond donors (Lipinski definition) is 1. The molecule has 0 bridgehead atoms. The van der Waals surface area contributed by atoms with Crippen LogP contribution in [0.5, 0.6) is 0 Å². The molecule has 1 aromatic heterocycles. The Kier molecular flexibility index (Phi) is 4.42. The third kappa shape index (κ3) is 3.56. The third-order valence-corrected chi connectivity index (χ3v) is 2.52. The molecule has 2 atom stereocenters. The molecule has 0 aliphatic rings. The molecule has 0 saturated heterocycles. The van der Waals surface area contributed by atoms with E-state index in [1.807, 2.05) is 20.8 Å². The van der Waals surface area contributed by atoms with Crippen LogP contribution in [0.25, 0.3) is 0 Å². The zero-order valence-electron chi connectivity index (χ0n) is 10.1. The Morgan fingerprint density at radius 2 is 2.12 bits per heavy atom. The van der Waals surface area contributed by atoms with E-state index in [4.69, 9.17) is 16.0 Å². The molecule has 1 amide bonds. The van der Waals surface area contributed by atoms with Crippen molar-refractivity contribution in [2.45, 2.75) is 45.5 Å². The second kappa shape index (κ2) is 5.39. The summed E-state index contributed by atoms with van der Waals surface area (Å²) >= 11 is 5.87. The van der Waals surface area contributed by atoms with Crippen molar-refractivity contribution in [3.05, 3.63) is 23.2 Å². The molecular weight excluding hydrogens is 226 g/mol. The van der Waals surface area contributed by atoms with Crippen molar-refractivity contribution in [2.24, 2.45) is 0 Å². The van der Waals surface area contributed by atoms with Crippen molar-refractivity contribution in [3.8, 4) is 0 Å². The number of aryl methyl sites for hydroxylation is 2. The molecule has 3 nitrogen and oxygen atoms in total. The predicted octanol–water partition coefficient (Wildman–Crippen LogP) is 3.03. The Labute approximate surface area is 101 Å². The lowest BCUT2D eigenvalue weighted by atomic mass is 10.1. The number of rotatable bonds is 4. The second-order valence-corrected chi connectivity index (χ2v) is 4.96. The normalized spacial score (nSPS) is 14.6. The van der Waals surface area contributed by atoms with Crippen molar-refractivity contribution in [2.75, 3.05) is 0 Å². The first-order valence-corrected chi connectivity index (χ1v) is 5.85. The molecule has 1 rings (SSSR count). The summed E-state index contributed by atoms with van der Waals surface area (Å²) in [5, 5.41) is 2.96. The summed E-state index contributed by atoms with van der Waals surface area (Å²) in [5.74, 6) is 1.31. The first kappa shape index (κ1) is 13.1. The highest BCUT2D eigenvalue weighted by atomic mass is 35.5. The van der Waals surface area contributed by atoms with Crippen LogP contribution in [-0.4, -0.2) is 17.3 Å². The van der Waals surface area contributed by atoms with Crippen molar-refractivity contribution >= 4 is 17.5 Å². The molecule has 0 saturated carbocycles. The van der Waals surface area contributed by atoms with Gasteiger partial charge in [-0.1, -0.05) is 0 Å². The lowest BCUT2D eigenvalue weighted by Gasteiger charge is -2.14. The molecule has 90 valence electrons. The Morgan fingerprint density at radius 3 is 2.56 bits per heavy atom. The van der Waals surface area contributed by atoms with Crippen LogP contribution in [0.4, 0.5) is 0 Å². The Hall–Kier alpha value is -0.960. The number of amides is 1. The van der Waals surface area contributed by atoms with Crippen molar-refractivity contribution in [1.29, 1.82) is 0 Å². The molecule has 0 radical (unpaired) electrons. The maximum Gasteiger partial charge on any atom is 0.255 e. The summed E-state index contributed by atoms with van der Waals surface area (Å²) in [7, 11) is 0. The second-order valence-electron chi connectivity index (χ2n) is 4.22. The van der Waals surface area contributed by atoms with Gasteiger partial charge in [0, 0.05) is 11.4 Å². The number of nitrogens with one attached hydrogen (secondary N) is 1. The number of hydrogen-bond acceptors (Lipinski definition) is 2. The van der Waals surface area contributed by atoms with E-state index in [0.29, 0.717) is 11.3 Å². The third-order valence-electron chi connectivity index (χ3n) is 2.34. The Balaban J connectivity index is 2.62. The fourth-order valence-electron chi connectivity index (χ4n) is 1.70. The van der Waals surface area contributed by atoms with Gasteiger partial charge in [-0.25, -0.2) is 0 Å². The number of furan rings is 1. The minimum atomic E-state index is -0.0980. The number of carbonyl (C=O) groups is 1. The van der Waals surface area contributed by atoms with Crippen LogP contribution >= 0.6 is 11.6 Å². The quantitative estimate of drug-likeness (QED) is 0.826.